The van der Waals surface area contributed by atoms with Crippen LogP contribution in [0.25, 0.3) is 11.1 Å². The molecule has 0 heterocycles. The van der Waals surface area contributed by atoms with Crippen LogP contribution in [-0.2, 0) is 14.3 Å². The van der Waals surface area contributed by atoms with Crippen LogP contribution in [0.15, 0.2) is 48.5 Å². The molecule has 0 aliphatic rings. The van der Waals surface area contributed by atoms with Gasteiger partial charge in [-0.2, -0.15) is 0 Å². The SMILES string of the molecule is CC(=O)SC(C)(C(=O)O)c1ccc(-c2ccc([N+](=O)[O-])cc2)cc1. The van der Waals surface area contributed by atoms with E-state index in [0.29, 0.717) is 5.56 Å². The zero-order valence-corrected chi connectivity index (χ0v) is 13.9. The Morgan fingerprint density at radius 3 is 1.88 bits per heavy atom. The van der Waals surface area contributed by atoms with Crippen LogP contribution >= 0.6 is 11.8 Å². The molecule has 0 aromatic heterocycles. The second-order valence-electron chi connectivity index (χ2n) is 5.31. The van der Waals surface area contributed by atoms with Crippen LogP contribution in [0.2, 0.25) is 0 Å². The van der Waals surface area contributed by atoms with Crippen molar-refractivity contribution in [3.8, 4) is 11.1 Å². The summed E-state index contributed by atoms with van der Waals surface area (Å²) < 4.78 is -1.36. The van der Waals surface area contributed by atoms with Gasteiger partial charge in [-0.3, -0.25) is 19.7 Å². The van der Waals surface area contributed by atoms with Gasteiger partial charge in [-0.15, -0.1) is 0 Å². The molecule has 2 rings (SSSR count). The van der Waals surface area contributed by atoms with E-state index in [2.05, 4.69) is 0 Å². The second-order valence-corrected chi connectivity index (χ2v) is 6.91. The minimum absolute atomic E-state index is 0.00619. The summed E-state index contributed by atoms with van der Waals surface area (Å²) in [6.45, 7) is 2.82. The van der Waals surface area contributed by atoms with Crippen molar-refractivity contribution in [1.82, 2.24) is 0 Å². The molecule has 0 aliphatic heterocycles. The number of benzene rings is 2. The Hall–Kier alpha value is -2.67. The van der Waals surface area contributed by atoms with Crippen molar-refractivity contribution in [1.29, 1.82) is 0 Å². The molecule has 7 heteroatoms. The molecule has 24 heavy (non-hydrogen) atoms. The zero-order chi connectivity index (χ0) is 17.9. The Morgan fingerprint density at radius 1 is 1.04 bits per heavy atom. The van der Waals surface area contributed by atoms with Crippen LogP contribution in [0.4, 0.5) is 5.69 Å². The molecule has 2 aromatic rings. The lowest BCUT2D eigenvalue weighted by atomic mass is 9.97. The van der Waals surface area contributed by atoms with Gasteiger partial charge in [-0.1, -0.05) is 36.0 Å². The lowest BCUT2D eigenvalue weighted by molar-refractivity contribution is -0.384. The van der Waals surface area contributed by atoms with E-state index in [0.717, 1.165) is 22.9 Å². The quantitative estimate of drug-likeness (QED) is 0.653. The van der Waals surface area contributed by atoms with E-state index in [1.165, 1.54) is 26.0 Å². The molecule has 0 spiro atoms. The van der Waals surface area contributed by atoms with Gasteiger partial charge in [0, 0.05) is 19.1 Å². The number of rotatable bonds is 5. The molecule has 1 unspecified atom stereocenters. The number of carbonyl (C=O) groups excluding carboxylic acids is 1. The molecule has 124 valence electrons. The fourth-order valence-corrected chi connectivity index (χ4v) is 3.19. The van der Waals surface area contributed by atoms with Gasteiger partial charge in [0.25, 0.3) is 5.69 Å². The normalized spacial score (nSPS) is 13.1. The van der Waals surface area contributed by atoms with E-state index in [4.69, 9.17) is 0 Å². The number of hydrogen-bond acceptors (Lipinski definition) is 5. The van der Waals surface area contributed by atoms with Gasteiger partial charge in [0.15, 0.2) is 5.12 Å². The first kappa shape index (κ1) is 17.7. The van der Waals surface area contributed by atoms with Crippen LogP contribution < -0.4 is 0 Å². The first-order chi connectivity index (χ1) is 11.2. The highest BCUT2D eigenvalue weighted by molar-refractivity contribution is 8.14. The number of carbonyl (C=O) groups is 2. The Balaban J connectivity index is 2.34. The fraction of sp³-hybridized carbons (Fsp3) is 0.176. The van der Waals surface area contributed by atoms with Crippen LogP contribution in [0.3, 0.4) is 0 Å². The summed E-state index contributed by atoms with van der Waals surface area (Å²) in [5, 5.41) is 19.9. The summed E-state index contributed by atoms with van der Waals surface area (Å²) in [5.41, 5.74) is 2.09. The van der Waals surface area contributed by atoms with Gasteiger partial charge in [-0.05, 0) is 35.7 Å². The molecule has 0 aliphatic carbocycles. The summed E-state index contributed by atoms with van der Waals surface area (Å²) in [5.74, 6) is -1.09. The average Bonchev–Trinajstić information content (AvgIpc) is 2.54. The van der Waals surface area contributed by atoms with Crippen LogP contribution in [0.5, 0.6) is 0 Å². The van der Waals surface area contributed by atoms with Gasteiger partial charge >= 0.3 is 5.97 Å². The molecule has 2 aromatic carbocycles. The first-order valence-electron chi connectivity index (χ1n) is 7.02. The largest absolute Gasteiger partial charge is 0.480 e. The molecular weight excluding hydrogens is 330 g/mol. The van der Waals surface area contributed by atoms with Gasteiger partial charge < -0.3 is 5.11 Å². The summed E-state index contributed by atoms with van der Waals surface area (Å²) >= 11 is 0.756. The number of carboxylic acid groups (broad SMARTS) is 1. The maximum absolute atomic E-state index is 11.6. The number of thioether (sulfide) groups is 1. The van der Waals surface area contributed by atoms with E-state index >= 15 is 0 Å². The molecule has 0 bridgehead atoms. The lowest BCUT2D eigenvalue weighted by Gasteiger charge is -2.23. The van der Waals surface area contributed by atoms with Crippen molar-refractivity contribution < 1.29 is 19.6 Å². The first-order valence-corrected chi connectivity index (χ1v) is 7.84. The minimum Gasteiger partial charge on any atom is -0.480 e. The maximum Gasteiger partial charge on any atom is 0.324 e. The van der Waals surface area contributed by atoms with Gasteiger partial charge in [0.1, 0.15) is 4.75 Å². The van der Waals surface area contributed by atoms with Crippen molar-refractivity contribution in [3.05, 3.63) is 64.2 Å². The summed E-state index contributed by atoms with van der Waals surface area (Å²) in [6.07, 6.45) is 0. The Morgan fingerprint density at radius 2 is 1.50 bits per heavy atom. The van der Waals surface area contributed by atoms with Crippen molar-refractivity contribution in [3.63, 3.8) is 0 Å². The van der Waals surface area contributed by atoms with Gasteiger partial charge in [-0.25, -0.2) is 0 Å². The minimum atomic E-state index is -1.36. The second kappa shape index (κ2) is 6.84. The molecule has 1 N–H and O–H groups in total. The monoisotopic (exact) mass is 345 g/mol. The van der Waals surface area contributed by atoms with Crippen molar-refractivity contribution in [2.45, 2.75) is 18.6 Å². The molecule has 0 saturated carbocycles. The highest BCUT2D eigenvalue weighted by Crippen LogP contribution is 2.37. The smallest absolute Gasteiger partial charge is 0.324 e. The van der Waals surface area contributed by atoms with Crippen LogP contribution in [0, 0.1) is 10.1 Å². The van der Waals surface area contributed by atoms with E-state index in [-0.39, 0.29) is 10.8 Å². The Bertz CT molecular complexity index is 786. The molecule has 6 nitrogen and oxygen atoms in total. The number of nitrogens with zero attached hydrogens (tertiary/aromatic N) is 1. The molecular formula is C17H15NO5S. The van der Waals surface area contributed by atoms with Gasteiger partial charge in [0.05, 0.1) is 4.92 Å². The summed E-state index contributed by atoms with van der Waals surface area (Å²) in [6, 6.07) is 12.9. The van der Waals surface area contributed by atoms with E-state index in [9.17, 15) is 24.8 Å². The third-order valence-corrected chi connectivity index (χ3v) is 4.71. The van der Waals surface area contributed by atoms with Crippen molar-refractivity contribution >= 4 is 28.5 Å². The maximum atomic E-state index is 11.6. The number of hydrogen-bond donors (Lipinski definition) is 1. The number of non-ortho nitro benzene ring substituents is 1. The molecule has 0 amide bonds. The van der Waals surface area contributed by atoms with Gasteiger partial charge in [0.2, 0.25) is 0 Å². The van der Waals surface area contributed by atoms with E-state index in [1.807, 2.05) is 0 Å². The fourth-order valence-electron chi connectivity index (χ4n) is 2.27. The van der Waals surface area contributed by atoms with E-state index < -0.39 is 15.6 Å². The number of nitro benzene ring substituents is 1. The van der Waals surface area contributed by atoms with Crippen molar-refractivity contribution in [2.24, 2.45) is 0 Å². The average molecular weight is 345 g/mol. The van der Waals surface area contributed by atoms with Crippen molar-refractivity contribution in [2.75, 3.05) is 0 Å². The number of carboxylic acids is 1. The Labute approximate surface area is 142 Å². The molecule has 0 fully saturated rings. The molecule has 0 saturated heterocycles. The third-order valence-electron chi connectivity index (χ3n) is 3.60. The predicted molar refractivity (Wildman–Crippen MR) is 91.8 cm³/mol. The van der Waals surface area contributed by atoms with Crippen LogP contribution in [0.1, 0.15) is 19.4 Å². The molecule has 0 radical (unpaired) electrons. The lowest BCUT2D eigenvalue weighted by Crippen LogP contribution is -2.29. The number of aliphatic carboxylic acids is 1. The highest BCUT2D eigenvalue weighted by atomic mass is 32.2. The van der Waals surface area contributed by atoms with E-state index in [1.54, 1.807) is 36.4 Å². The standard InChI is InChI=1S/C17H15NO5S/c1-11(19)24-17(2,16(20)21)14-7-3-12(4-8-14)13-5-9-15(10-6-13)18(22)23/h3-10H,1-2H3,(H,20,21). The topological polar surface area (TPSA) is 97.5 Å². The predicted octanol–water partition coefficient (Wildman–Crippen LogP) is 3.84. The highest BCUT2D eigenvalue weighted by Gasteiger charge is 2.37. The third kappa shape index (κ3) is 3.62. The Kier molecular flexibility index (Phi) is 5.04. The molecule has 1 atom stereocenters. The number of nitro groups is 1. The van der Waals surface area contributed by atoms with Crippen LogP contribution in [-0.4, -0.2) is 21.1 Å². The zero-order valence-electron chi connectivity index (χ0n) is 13.1. The summed E-state index contributed by atoms with van der Waals surface area (Å²) in [4.78, 5) is 33.1. The summed E-state index contributed by atoms with van der Waals surface area (Å²) in [7, 11) is 0.